The first-order valence-corrected chi connectivity index (χ1v) is 7.23. The molecule has 3 N–H and O–H groups in total. The molecule has 0 atom stereocenters. The van der Waals surface area contributed by atoms with Crippen LogP contribution in [-0.2, 0) is 4.74 Å². The summed E-state index contributed by atoms with van der Waals surface area (Å²) in [5, 5.41) is 23.7. The molecule has 116 valence electrons. The van der Waals surface area contributed by atoms with E-state index in [1.165, 1.54) is 0 Å². The fourth-order valence-corrected chi connectivity index (χ4v) is 3.05. The minimum absolute atomic E-state index is 0.108. The second kappa shape index (κ2) is 5.16. The molecule has 0 aromatic rings. The lowest BCUT2D eigenvalue weighted by molar-refractivity contribution is -0.187. The SMILES string of the molecule is CC(C)(C)OC(=O)N1CC(CO)(C2(O)CCNCC2)C1. The number of hydrogen-bond donors (Lipinski definition) is 3. The third-order valence-electron chi connectivity index (χ3n) is 4.36. The maximum Gasteiger partial charge on any atom is 0.410 e. The number of ether oxygens (including phenoxy) is 1. The van der Waals surface area contributed by atoms with Gasteiger partial charge in [0.2, 0.25) is 0 Å². The van der Waals surface area contributed by atoms with E-state index >= 15 is 0 Å². The molecule has 0 spiro atoms. The first kappa shape index (κ1) is 15.5. The summed E-state index contributed by atoms with van der Waals surface area (Å²) in [6.45, 7) is 7.56. The van der Waals surface area contributed by atoms with Crippen molar-refractivity contribution in [3.8, 4) is 0 Å². The molecule has 0 saturated carbocycles. The largest absolute Gasteiger partial charge is 0.444 e. The average Bonchev–Trinajstić information content (AvgIpc) is 2.26. The molecule has 0 unspecified atom stereocenters. The molecular weight excluding hydrogens is 260 g/mol. The van der Waals surface area contributed by atoms with Crippen LogP contribution in [0.25, 0.3) is 0 Å². The average molecular weight is 286 g/mol. The van der Waals surface area contributed by atoms with Gasteiger partial charge in [-0.1, -0.05) is 0 Å². The summed E-state index contributed by atoms with van der Waals surface area (Å²) in [6, 6.07) is 0. The first-order valence-electron chi connectivity index (χ1n) is 7.23. The van der Waals surface area contributed by atoms with Crippen molar-refractivity contribution in [2.24, 2.45) is 5.41 Å². The minimum Gasteiger partial charge on any atom is -0.444 e. The van der Waals surface area contributed by atoms with Crippen LogP contribution in [0.15, 0.2) is 0 Å². The number of aliphatic hydroxyl groups is 2. The lowest BCUT2D eigenvalue weighted by Gasteiger charge is -2.58. The van der Waals surface area contributed by atoms with E-state index in [1.54, 1.807) is 4.90 Å². The Labute approximate surface area is 120 Å². The lowest BCUT2D eigenvalue weighted by Crippen LogP contribution is -2.72. The number of carbonyl (C=O) groups excluding carboxylic acids is 1. The van der Waals surface area contributed by atoms with Gasteiger partial charge in [-0.3, -0.25) is 0 Å². The third-order valence-corrected chi connectivity index (χ3v) is 4.36. The molecule has 2 heterocycles. The number of nitrogens with zero attached hydrogens (tertiary/aromatic N) is 1. The van der Waals surface area contributed by atoms with Crippen LogP contribution in [-0.4, -0.2) is 65.2 Å². The molecule has 0 aromatic carbocycles. The molecule has 0 radical (unpaired) electrons. The number of hydrogen-bond acceptors (Lipinski definition) is 5. The van der Waals surface area contributed by atoms with E-state index in [4.69, 9.17) is 4.74 Å². The van der Waals surface area contributed by atoms with Crippen molar-refractivity contribution in [3.63, 3.8) is 0 Å². The second-order valence-electron chi connectivity index (χ2n) is 7.06. The standard InChI is InChI=1S/C14H26N2O4/c1-12(2,3)20-11(18)16-8-13(9-16,10-17)14(19)4-6-15-7-5-14/h15,17,19H,4-10H2,1-3H3. The summed E-state index contributed by atoms with van der Waals surface area (Å²) in [4.78, 5) is 13.5. The Balaban J connectivity index is 1.99. The molecule has 6 nitrogen and oxygen atoms in total. The zero-order chi connectivity index (χ0) is 15.0. The highest BCUT2D eigenvalue weighted by Crippen LogP contribution is 2.45. The normalized spacial score (nSPS) is 24.9. The van der Waals surface area contributed by atoms with Crippen LogP contribution < -0.4 is 5.32 Å². The van der Waals surface area contributed by atoms with Gasteiger partial charge in [0.05, 0.1) is 17.6 Å². The van der Waals surface area contributed by atoms with E-state index in [2.05, 4.69) is 5.32 Å². The van der Waals surface area contributed by atoms with Crippen molar-refractivity contribution < 1.29 is 19.7 Å². The van der Waals surface area contributed by atoms with Crippen molar-refractivity contribution in [1.82, 2.24) is 10.2 Å². The molecule has 1 amide bonds. The summed E-state index contributed by atoms with van der Waals surface area (Å²) in [5.74, 6) is 0. The highest BCUT2D eigenvalue weighted by atomic mass is 16.6. The van der Waals surface area contributed by atoms with Crippen molar-refractivity contribution in [1.29, 1.82) is 0 Å². The molecule has 6 heteroatoms. The third kappa shape index (κ3) is 2.77. The van der Waals surface area contributed by atoms with Gasteiger partial charge in [0.15, 0.2) is 0 Å². The van der Waals surface area contributed by atoms with Crippen LogP contribution >= 0.6 is 0 Å². The van der Waals surface area contributed by atoms with Gasteiger partial charge in [0.25, 0.3) is 0 Å². The van der Waals surface area contributed by atoms with Gasteiger partial charge in [-0.05, 0) is 46.7 Å². The predicted octanol–water partition coefficient (Wildman–Crippen LogP) is 0.330. The minimum atomic E-state index is -0.897. The number of piperidine rings is 1. The monoisotopic (exact) mass is 286 g/mol. The summed E-state index contributed by atoms with van der Waals surface area (Å²) in [5.41, 5.74) is -2.03. The molecule has 2 rings (SSSR count). The fraction of sp³-hybridized carbons (Fsp3) is 0.929. The number of aliphatic hydroxyl groups excluding tert-OH is 1. The van der Waals surface area contributed by atoms with E-state index in [0.29, 0.717) is 25.9 Å². The quantitative estimate of drug-likeness (QED) is 0.681. The lowest BCUT2D eigenvalue weighted by atomic mass is 9.63. The van der Waals surface area contributed by atoms with E-state index in [9.17, 15) is 15.0 Å². The molecule has 2 fully saturated rings. The van der Waals surface area contributed by atoms with Crippen LogP contribution in [0, 0.1) is 5.41 Å². The second-order valence-corrected chi connectivity index (χ2v) is 7.06. The molecule has 0 bridgehead atoms. The van der Waals surface area contributed by atoms with Gasteiger partial charge in [-0.15, -0.1) is 0 Å². The first-order chi connectivity index (χ1) is 9.21. The Morgan fingerprint density at radius 3 is 2.30 bits per heavy atom. The molecular formula is C14H26N2O4. The summed E-state index contributed by atoms with van der Waals surface area (Å²) in [6.07, 6.45) is 0.838. The maximum absolute atomic E-state index is 12.0. The predicted molar refractivity (Wildman–Crippen MR) is 74.4 cm³/mol. The van der Waals surface area contributed by atoms with Crippen molar-refractivity contribution in [2.75, 3.05) is 32.8 Å². The van der Waals surface area contributed by atoms with Crippen LogP contribution in [0.1, 0.15) is 33.6 Å². The molecule has 0 aromatic heterocycles. The number of rotatable bonds is 2. The Bertz CT molecular complexity index is 366. The molecule has 2 aliphatic heterocycles. The van der Waals surface area contributed by atoms with Crippen LogP contribution in [0.2, 0.25) is 0 Å². The van der Waals surface area contributed by atoms with Gasteiger partial charge in [-0.2, -0.15) is 0 Å². The summed E-state index contributed by atoms with van der Waals surface area (Å²) in [7, 11) is 0. The van der Waals surface area contributed by atoms with Crippen molar-refractivity contribution in [2.45, 2.75) is 44.8 Å². The zero-order valence-corrected chi connectivity index (χ0v) is 12.6. The van der Waals surface area contributed by atoms with Gasteiger partial charge < -0.3 is 25.2 Å². The van der Waals surface area contributed by atoms with E-state index in [-0.39, 0.29) is 12.7 Å². The zero-order valence-electron chi connectivity index (χ0n) is 12.6. The molecule has 2 aliphatic rings. The van der Waals surface area contributed by atoms with Gasteiger partial charge in [0.1, 0.15) is 5.60 Å². The van der Waals surface area contributed by atoms with Crippen molar-refractivity contribution in [3.05, 3.63) is 0 Å². The Morgan fingerprint density at radius 2 is 1.85 bits per heavy atom. The van der Waals surface area contributed by atoms with Gasteiger partial charge in [0, 0.05) is 13.1 Å². The Kier molecular flexibility index (Phi) is 4.01. The Hall–Kier alpha value is -0.850. The van der Waals surface area contributed by atoms with Gasteiger partial charge in [-0.25, -0.2) is 4.79 Å². The smallest absolute Gasteiger partial charge is 0.410 e. The highest BCUT2D eigenvalue weighted by Gasteiger charge is 2.58. The van der Waals surface area contributed by atoms with E-state index < -0.39 is 16.6 Å². The number of amides is 1. The van der Waals surface area contributed by atoms with E-state index in [1.807, 2.05) is 20.8 Å². The highest BCUT2D eigenvalue weighted by molar-refractivity contribution is 5.69. The van der Waals surface area contributed by atoms with Crippen LogP contribution in [0.3, 0.4) is 0 Å². The maximum atomic E-state index is 12.0. The van der Waals surface area contributed by atoms with Crippen LogP contribution in [0.4, 0.5) is 4.79 Å². The topological polar surface area (TPSA) is 82.0 Å². The van der Waals surface area contributed by atoms with E-state index in [0.717, 1.165) is 13.1 Å². The van der Waals surface area contributed by atoms with Crippen molar-refractivity contribution >= 4 is 6.09 Å². The Morgan fingerprint density at radius 1 is 1.30 bits per heavy atom. The van der Waals surface area contributed by atoms with Gasteiger partial charge >= 0.3 is 6.09 Å². The molecule has 2 saturated heterocycles. The molecule has 20 heavy (non-hydrogen) atoms. The number of carbonyl (C=O) groups is 1. The summed E-state index contributed by atoms with van der Waals surface area (Å²) < 4.78 is 5.31. The molecule has 0 aliphatic carbocycles. The summed E-state index contributed by atoms with van der Waals surface area (Å²) >= 11 is 0. The fourth-order valence-electron chi connectivity index (χ4n) is 3.05. The number of likely N-dealkylation sites (tertiary alicyclic amines) is 1. The van der Waals surface area contributed by atoms with Crippen LogP contribution in [0.5, 0.6) is 0 Å². The number of nitrogens with one attached hydrogen (secondary N) is 1.